The van der Waals surface area contributed by atoms with Crippen molar-refractivity contribution in [3.63, 3.8) is 0 Å². The Labute approximate surface area is 136 Å². The van der Waals surface area contributed by atoms with E-state index < -0.39 is 9.84 Å². The Hall–Kier alpha value is -1.67. The maximum atomic E-state index is 12.3. The molecule has 2 aliphatic rings. The van der Waals surface area contributed by atoms with Crippen molar-refractivity contribution < 1.29 is 13.2 Å². The number of carbonyl (C=O) groups excluding carboxylic acids is 1. The van der Waals surface area contributed by atoms with Gasteiger partial charge in [-0.05, 0) is 12.1 Å². The van der Waals surface area contributed by atoms with Crippen molar-refractivity contribution in [3.05, 3.63) is 30.1 Å². The number of hydrogen-bond donors (Lipinski definition) is 0. The van der Waals surface area contributed by atoms with Crippen molar-refractivity contribution >= 4 is 15.9 Å². The smallest absolute Gasteiger partial charge is 0.319 e. The molecular formula is C15H22N4O3S. The van der Waals surface area contributed by atoms with Crippen LogP contribution in [0, 0.1) is 0 Å². The number of carbonyl (C=O) groups is 1. The first-order valence-corrected chi connectivity index (χ1v) is 9.52. The quantitative estimate of drug-likeness (QED) is 0.762. The molecule has 0 N–H and O–H groups in total. The second-order valence-corrected chi connectivity index (χ2v) is 8.53. The molecule has 0 aliphatic carbocycles. The van der Waals surface area contributed by atoms with Gasteiger partial charge >= 0.3 is 6.03 Å². The average Bonchev–Trinajstić information content (AvgIpc) is 2.83. The molecule has 0 aromatic carbocycles. The number of pyridine rings is 1. The van der Waals surface area contributed by atoms with Crippen LogP contribution in [0.3, 0.4) is 0 Å². The Bertz CT molecular complexity index is 677. The number of hydrogen-bond acceptors (Lipinski definition) is 5. The fraction of sp³-hybridized carbons (Fsp3) is 0.600. The molecule has 1 aromatic rings. The van der Waals surface area contributed by atoms with E-state index in [-0.39, 0.29) is 29.6 Å². The SMILES string of the molecule is CN(C)C(=O)N1CCN(Cc2ccccn2)[C@@H]2CS(=O)(=O)C[C@@H]21. The molecule has 3 heterocycles. The van der Waals surface area contributed by atoms with Gasteiger partial charge in [-0.2, -0.15) is 0 Å². The Morgan fingerprint density at radius 2 is 2.00 bits per heavy atom. The molecule has 2 atom stereocenters. The van der Waals surface area contributed by atoms with E-state index >= 15 is 0 Å². The minimum absolute atomic E-state index is 0.0516. The summed E-state index contributed by atoms with van der Waals surface area (Å²) in [4.78, 5) is 22.0. The molecule has 126 valence electrons. The molecule has 0 saturated carbocycles. The number of fused-ring (bicyclic) bond motifs is 1. The number of amides is 2. The first-order valence-electron chi connectivity index (χ1n) is 7.70. The van der Waals surface area contributed by atoms with Gasteiger partial charge < -0.3 is 9.80 Å². The third-order valence-electron chi connectivity index (χ3n) is 4.51. The number of aromatic nitrogens is 1. The summed E-state index contributed by atoms with van der Waals surface area (Å²) in [6.45, 7) is 1.81. The van der Waals surface area contributed by atoms with Crippen LogP contribution >= 0.6 is 0 Å². The van der Waals surface area contributed by atoms with E-state index in [9.17, 15) is 13.2 Å². The van der Waals surface area contributed by atoms with E-state index in [1.54, 1.807) is 25.2 Å². The van der Waals surface area contributed by atoms with Crippen LogP contribution in [0.15, 0.2) is 24.4 Å². The van der Waals surface area contributed by atoms with Crippen molar-refractivity contribution in [1.82, 2.24) is 19.7 Å². The first-order chi connectivity index (χ1) is 10.9. The predicted molar refractivity (Wildman–Crippen MR) is 86.7 cm³/mol. The minimum Gasteiger partial charge on any atom is -0.331 e. The Kier molecular flexibility index (Phi) is 4.29. The summed E-state index contributed by atoms with van der Waals surface area (Å²) < 4.78 is 24.3. The van der Waals surface area contributed by atoms with E-state index in [4.69, 9.17) is 0 Å². The molecule has 3 rings (SSSR count). The van der Waals surface area contributed by atoms with Gasteiger partial charge in [0.25, 0.3) is 0 Å². The van der Waals surface area contributed by atoms with Gasteiger partial charge in [0.1, 0.15) is 0 Å². The molecular weight excluding hydrogens is 316 g/mol. The van der Waals surface area contributed by atoms with Gasteiger partial charge in [0, 0.05) is 46.0 Å². The number of piperazine rings is 1. The number of nitrogens with zero attached hydrogens (tertiary/aromatic N) is 4. The van der Waals surface area contributed by atoms with E-state index in [1.807, 2.05) is 18.2 Å². The largest absolute Gasteiger partial charge is 0.331 e. The highest BCUT2D eigenvalue weighted by atomic mass is 32.2. The van der Waals surface area contributed by atoms with Crippen LogP contribution in [-0.2, 0) is 16.4 Å². The monoisotopic (exact) mass is 338 g/mol. The van der Waals surface area contributed by atoms with Gasteiger partial charge in [0.2, 0.25) is 0 Å². The summed E-state index contributed by atoms with van der Waals surface area (Å²) in [6, 6.07) is 5.19. The molecule has 2 saturated heterocycles. The summed E-state index contributed by atoms with van der Waals surface area (Å²) in [5.41, 5.74) is 0.919. The molecule has 2 fully saturated rings. The van der Waals surface area contributed by atoms with Crippen LogP contribution in [0.25, 0.3) is 0 Å². The molecule has 2 amide bonds. The van der Waals surface area contributed by atoms with Crippen LogP contribution in [0.1, 0.15) is 5.69 Å². The summed E-state index contributed by atoms with van der Waals surface area (Å²) in [5.74, 6) is 0.164. The highest BCUT2D eigenvalue weighted by Crippen LogP contribution is 2.28. The second-order valence-electron chi connectivity index (χ2n) is 6.37. The zero-order valence-corrected chi connectivity index (χ0v) is 14.2. The van der Waals surface area contributed by atoms with Crippen molar-refractivity contribution in [1.29, 1.82) is 0 Å². The predicted octanol–water partition coefficient (Wildman–Crippen LogP) is 0.0464. The second kappa shape index (κ2) is 6.09. The molecule has 8 heteroatoms. The van der Waals surface area contributed by atoms with Crippen LogP contribution in [0.2, 0.25) is 0 Å². The van der Waals surface area contributed by atoms with Crippen molar-refractivity contribution in [2.75, 3.05) is 38.7 Å². The molecule has 0 unspecified atom stereocenters. The van der Waals surface area contributed by atoms with Gasteiger partial charge in [0.15, 0.2) is 9.84 Å². The van der Waals surface area contributed by atoms with Gasteiger partial charge in [0.05, 0.1) is 23.2 Å². The number of urea groups is 1. The summed E-state index contributed by atoms with van der Waals surface area (Å²) in [5, 5.41) is 0. The lowest BCUT2D eigenvalue weighted by molar-refractivity contribution is 0.0514. The van der Waals surface area contributed by atoms with Crippen LogP contribution in [0.5, 0.6) is 0 Å². The van der Waals surface area contributed by atoms with E-state index in [1.165, 1.54) is 4.90 Å². The first kappa shape index (κ1) is 16.2. The van der Waals surface area contributed by atoms with Crippen LogP contribution in [-0.4, -0.2) is 84.9 Å². The third kappa shape index (κ3) is 3.32. The normalized spacial score (nSPS) is 26.8. The molecule has 1 aromatic heterocycles. The van der Waals surface area contributed by atoms with Crippen molar-refractivity contribution in [2.24, 2.45) is 0 Å². The molecule has 7 nitrogen and oxygen atoms in total. The van der Waals surface area contributed by atoms with Gasteiger partial charge in [-0.25, -0.2) is 13.2 Å². The average molecular weight is 338 g/mol. The topological polar surface area (TPSA) is 73.8 Å². The maximum Gasteiger partial charge on any atom is 0.319 e. The maximum absolute atomic E-state index is 12.3. The Balaban J connectivity index is 1.82. The van der Waals surface area contributed by atoms with E-state index in [0.717, 1.165) is 5.69 Å². The number of rotatable bonds is 2. The van der Waals surface area contributed by atoms with E-state index in [2.05, 4.69) is 9.88 Å². The lowest BCUT2D eigenvalue weighted by Gasteiger charge is -2.44. The molecule has 23 heavy (non-hydrogen) atoms. The van der Waals surface area contributed by atoms with Gasteiger partial charge in [-0.15, -0.1) is 0 Å². The third-order valence-corrected chi connectivity index (χ3v) is 6.21. The highest BCUT2D eigenvalue weighted by molar-refractivity contribution is 7.91. The van der Waals surface area contributed by atoms with Crippen molar-refractivity contribution in [3.8, 4) is 0 Å². The van der Waals surface area contributed by atoms with Crippen LogP contribution < -0.4 is 0 Å². The molecule has 2 aliphatic heterocycles. The van der Waals surface area contributed by atoms with Gasteiger partial charge in [-0.1, -0.05) is 6.07 Å². The fourth-order valence-electron chi connectivity index (χ4n) is 3.42. The Morgan fingerprint density at radius 1 is 1.26 bits per heavy atom. The highest BCUT2D eigenvalue weighted by Gasteiger charge is 2.48. The molecule has 0 spiro atoms. The summed E-state index contributed by atoms with van der Waals surface area (Å²) in [7, 11) is 0.270. The zero-order valence-electron chi connectivity index (χ0n) is 13.4. The molecule has 0 bridgehead atoms. The zero-order chi connectivity index (χ0) is 16.6. The van der Waals surface area contributed by atoms with Gasteiger partial charge in [-0.3, -0.25) is 9.88 Å². The number of sulfone groups is 1. The summed E-state index contributed by atoms with van der Waals surface area (Å²) >= 11 is 0. The fourth-order valence-corrected chi connectivity index (χ4v) is 5.43. The molecule has 0 radical (unpaired) electrons. The van der Waals surface area contributed by atoms with E-state index in [0.29, 0.717) is 19.6 Å². The van der Waals surface area contributed by atoms with Crippen molar-refractivity contribution in [2.45, 2.75) is 18.6 Å². The standard InChI is InChI=1S/C15H22N4O3S/c1-17(2)15(20)19-8-7-18(9-12-5-3-4-6-16-12)13-10-23(21,22)11-14(13)19/h3-6,13-14H,7-11H2,1-2H3/t13-,14+/m1/s1. The summed E-state index contributed by atoms with van der Waals surface area (Å²) in [6.07, 6.45) is 1.74. The van der Waals surface area contributed by atoms with Crippen LogP contribution in [0.4, 0.5) is 4.79 Å². The lowest BCUT2D eigenvalue weighted by Crippen LogP contribution is -2.61. The minimum atomic E-state index is -3.12. The lowest BCUT2D eigenvalue weighted by atomic mass is 10.0. The Morgan fingerprint density at radius 3 is 2.65 bits per heavy atom.